The summed E-state index contributed by atoms with van der Waals surface area (Å²) in [6.45, 7) is 8.00. The van der Waals surface area contributed by atoms with Gasteiger partial charge in [-0.1, -0.05) is 44.2 Å². The lowest BCUT2D eigenvalue weighted by molar-refractivity contribution is 0.361. The van der Waals surface area contributed by atoms with Gasteiger partial charge in [0.2, 0.25) is 0 Å². The highest BCUT2D eigenvalue weighted by molar-refractivity contribution is 7.90. The van der Waals surface area contributed by atoms with Gasteiger partial charge in [0.15, 0.2) is 5.96 Å². The molecule has 0 atom stereocenters. The molecule has 0 aliphatic heterocycles. The fraction of sp³-hybridized carbons (Fsp3) is 0.524. The maximum atomic E-state index is 11.5. The standard InChI is InChI=1S/C21H33N5O2S/c1-6-22-20(24-16-21(2,3)12-13-29(5,27)28)26(4)15-19-23-14-18(25-19)17-10-8-7-9-11-17/h7-11,14H,6,12-13,15-16H2,1-5H3,(H,22,24)(H,23,25). The summed E-state index contributed by atoms with van der Waals surface area (Å²) in [4.78, 5) is 14.6. The Kier molecular flexibility index (Phi) is 7.84. The lowest BCUT2D eigenvalue weighted by Crippen LogP contribution is -2.39. The van der Waals surface area contributed by atoms with E-state index >= 15 is 0 Å². The second-order valence-corrected chi connectivity index (χ2v) is 10.4. The molecule has 2 N–H and O–H groups in total. The van der Waals surface area contributed by atoms with Crippen molar-refractivity contribution in [2.24, 2.45) is 10.4 Å². The van der Waals surface area contributed by atoms with Crippen LogP contribution in [-0.2, 0) is 16.4 Å². The number of aliphatic imine (C=N–C) groups is 1. The Bertz CT molecular complexity index is 904. The van der Waals surface area contributed by atoms with E-state index in [-0.39, 0.29) is 11.2 Å². The van der Waals surface area contributed by atoms with Crippen LogP contribution in [0.25, 0.3) is 11.3 Å². The molecule has 7 nitrogen and oxygen atoms in total. The van der Waals surface area contributed by atoms with E-state index in [4.69, 9.17) is 4.99 Å². The minimum absolute atomic E-state index is 0.177. The molecule has 0 unspecified atom stereocenters. The Morgan fingerprint density at radius 1 is 1.28 bits per heavy atom. The molecular weight excluding hydrogens is 386 g/mol. The van der Waals surface area contributed by atoms with Gasteiger partial charge in [-0.25, -0.2) is 13.4 Å². The van der Waals surface area contributed by atoms with Crippen molar-refractivity contribution in [2.45, 2.75) is 33.7 Å². The van der Waals surface area contributed by atoms with Gasteiger partial charge in [-0.15, -0.1) is 0 Å². The van der Waals surface area contributed by atoms with Gasteiger partial charge in [0.1, 0.15) is 15.7 Å². The van der Waals surface area contributed by atoms with Crippen LogP contribution in [0.2, 0.25) is 0 Å². The molecule has 2 rings (SSSR count). The number of sulfone groups is 1. The van der Waals surface area contributed by atoms with E-state index in [0.29, 0.717) is 19.5 Å². The first kappa shape index (κ1) is 22.9. The number of hydrogen-bond acceptors (Lipinski definition) is 4. The smallest absolute Gasteiger partial charge is 0.194 e. The van der Waals surface area contributed by atoms with E-state index in [1.165, 1.54) is 6.26 Å². The van der Waals surface area contributed by atoms with Crippen LogP contribution in [0.1, 0.15) is 33.0 Å². The quantitative estimate of drug-likeness (QED) is 0.482. The number of aromatic amines is 1. The monoisotopic (exact) mass is 419 g/mol. The first-order valence-electron chi connectivity index (χ1n) is 9.86. The van der Waals surface area contributed by atoms with E-state index in [9.17, 15) is 8.42 Å². The number of rotatable bonds is 9. The predicted molar refractivity (Wildman–Crippen MR) is 120 cm³/mol. The van der Waals surface area contributed by atoms with Crippen molar-refractivity contribution in [1.29, 1.82) is 0 Å². The van der Waals surface area contributed by atoms with Crippen molar-refractivity contribution in [3.8, 4) is 11.3 Å². The minimum atomic E-state index is -2.97. The molecule has 1 aromatic carbocycles. The molecule has 0 saturated heterocycles. The number of aromatic nitrogens is 2. The molecule has 29 heavy (non-hydrogen) atoms. The Hall–Kier alpha value is -2.35. The summed E-state index contributed by atoms with van der Waals surface area (Å²) in [5, 5.41) is 3.30. The van der Waals surface area contributed by atoms with Crippen LogP contribution < -0.4 is 5.32 Å². The van der Waals surface area contributed by atoms with Crippen LogP contribution in [0, 0.1) is 5.41 Å². The third-order valence-corrected chi connectivity index (χ3v) is 5.55. The van der Waals surface area contributed by atoms with Crippen LogP contribution in [-0.4, -0.2) is 61.4 Å². The van der Waals surface area contributed by atoms with Gasteiger partial charge < -0.3 is 15.2 Å². The summed E-state index contributed by atoms with van der Waals surface area (Å²) in [6, 6.07) is 10.1. The third kappa shape index (κ3) is 7.89. The van der Waals surface area contributed by atoms with Gasteiger partial charge in [0.25, 0.3) is 0 Å². The lowest BCUT2D eigenvalue weighted by atomic mass is 9.90. The predicted octanol–water partition coefficient (Wildman–Crippen LogP) is 2.93. The summed E-state index contributed by atoms with van der Waals surface area (Å²) in [5.74, 6) is 1.81. The largest absolute Gasteiger partial charge is 0.357 e. The molecule has 0 fully saturated rings. The number of imidazole rings is 1. The van der Waals surface area contributed by atoms with E-state index in [2.05, 4.69) is 15.3 Å². The van der Waals surface area contributed by atoms with E-state index in [0.717, 1.165) is 29.6 Å². The fourth-order valence-electron chi connectivity index (χ4n) is 2.81. The number of nitrogens with zero attached hydrogens (tertiary/aromatic N) is 3. The van der Waals surface area contributed by atoms with Crippen molar-refractivity contribution in [2.75, 3.05) is 32.1 Å². The van der Waals surface area contributed by atoms with Crippen molar-refractivity contribution in [3.63, 3.8) is 0 Å². The molecule has 1 heterocycles. The Labute approximate surface area is 174 Å². The topological polar surface area (TPSA) is 90.4 Å². The van der Waals surface area contributed by atoms with E-state index < -0.39 is 9.84 Å². The van der Waals surface area contributed by atoms with E-state index in [1.54, 1.807) is 0 Å². The highest BCUT2D eigenvalue weighted by Crippen LogP contribution is 2.22. The first-order valence-corrected chi connectivity index (χ1v) is 11.9. The van der Waals surface area contributed by atoms with Crippen molar-refractivity contribution >= 4 is 15.8 Å². The zero-order valence-electron chi connectivity index (χ0n) is 18.1. The summed E-state index contributed by atoms with van der Waals surface area (Å²) in [5.41, 5.74) is 1.88. The molecule has 0 bridgehead atoms. The number of nitrogens with one attached hydrogen (secondary N) is 2. The van der Waals surface area contributed by atoms with Crippen LogP contribution in [0.3, 0.4) is 0 Å². The van der Waals surface area contributed by atoms with Gasteiger partial charge in [-0.3, -0.25) is 4.99 Å². The Morgan fingerprint density at radius 3 is 2.59 bits per heavy atom. The molecule has 0 amide bonds. The fourth-order valence-corrected chi connectivity index (χ4v) is 3.73. The molecule has 0 aliphatic carbocycles. The number of benzene rings is 1. The normalized spacial score (nSPS) is 12.8. The van der Waals surface area contributed by atoms with Crippen molar-refractivity contribution in [3.05, 3.63) is 42.4 Å². The summed E-state index contributed by atoms with van der Waals surface area (Å²) >= 11 is 0. The molecule has 2 aromatic rings. The van der Waals surface area contributed by atoms with E-state index in [1.807, 2.05) is 69.2 Å². The average Bonchev–Trinajstić information content (AvgIpc) is 3.12. The Morgan fingerprint density at radius 2 is 1.97 bits per heavy atom. The van der Waals surface area contributed by atoms with Crippen LogP contribution in [0.4, 0.5) is 0 Å². The summed E-state index contributed by atoms with van der Waals surface area (Å²) in [6.07, 6.45) is 3.70. The van der Waals surface area contributed by atoms with Crippen LogP contribution in [0.5, 0.6) is 0 Å². The average molecular weight is 420 g/mol. The van der Waals surface area contributed by atoms with Gasteiger partial charge in [-0.2, -0.15) is 0 Å². The molecular formula is C21H33N5O2S. The van der Waals surface area contributed by atoms with Gasteiger partial charge >= 0.3 is 0 Å². The van der Waals surface area contributed by atoms with Gasteiger partial charge in [-0.05, 0) is 24.3 Å². The zero-order valence-corrected chi connectivity index (χ0v) is 18.9. The molecule has 0 radical (unpaired) electrons. The minimum Gasteiger partial charge on any atom is -0.357 e. The zero-order chi connectivity index (χ0) is 21.5. The highest BCUT2D eigenvalue weighted by Gasteiger charge is 2.21. The lowest BCUT2D eigenvalue weighted by Gasteiger charge is -2.25. The molecule has 1 aromatic heterocycles. The van der Waals surface area contributed by atoms with Gasteiger partial charge in [0, 0.05) is 26.4 Å². The van der Waals surface area contributed by atoms with Gasteiger partial charge in [0.05, 0.1) is 24.2 Å². The molecule has 0 saturated carbocycles. The van der Waals surface area contributed by atoms with Crippen LogP contribution >= 0.6 is 0 Å². The highest BCUT2D eigenvalue weighted by atomic mass is 32.2. The summed E-state index contributed by atoms with van der Waals surface area (Å²) in [7, 11) is -1.00. The Balaban J connectivity index is 2.04. The molecule has 8 heteroatoms. The second-order valence-electron chi connectivity index (χ2n) is 8.18. The maximum absolute atomic E-state index is 11.5. The third-order valence-electron chi connectivity index (χ3n) is 4.60. The first-order chi connectivity index (χ1) is 13.6. The maximum Gasteiger partial charge on any atom is 0.194 e. The SMILES string of the molecule is CCNC(=NCC(C)(C)CCS(C)(=O)=O)N(C)Cc1ncc(-c2ccccc2)[nH]1. The second kappa shape index (κ2) is 9.91. The van der Waals surface area contributed by atoms with Crippen LogP contribution in [0.15, 0.2) is 41.5 Å². The molecule has 0 aliphatic rings. The number of guanidine groups is 1. The van der Waals surface area contributed by atoms with Crippen molar-refractivity contribution in [1.82, 2.24) is 20.2 Å². The summed E-state index contributed by atoms with van der Waals surface area (Å²) < 4.78 is 22.9. The molecule has 160 valence electrons. The molecule has 0 spiro atoms. The van der Waals surface area contributed by atoms with Crippen molar-refractivity contribution < 1.29 is 8.42 Å². The number of H-pyrrole nitrogens is 1. The number of hydrogen-bond donors (Lipinski definition) is 2.